The maximum Gasteiger partial charge on any atom is 0.250 e. The molecule has 0 aliphatic rings. The second-order valence-electron chi connectivity index (χ2n) is 5.41. The van der Waals surface area contributed by atoms with Crippen LogP contribution in [0.5, 0.6) is 0 Å². The van der Waals surface area contributed by atoms with Gasteiger partial charge in [0.1, 0.15) is 5.82 Å². The lowest BCUT2D eigenvalue weighted by Crippen LogP contribution is -2.07. The molecule has 1 amide bonds. The predicted octanol–water partition coefficient (Wildman–Crippen LogP) is 4.25. The maximum atomic E-state index is 13.7. The van der Waals surface area contributed by atoms with Gasteiger partial charge in [-0.25, -0.2) is 17.8 Å². The second kappa shape index (κ2) is 7.26. The van der Waals surface area contributed by atoms with Crippen molar-refractivity contribution in [3.8, 4) is 0 Å². The third-order valence-electron chi connectivity index (χ3n) is 3.39. The summed E-state index contributed by atoms with van der Waals surface area (Å²) >= 11 is 4.40. The van der Waals surface area contributed by atoms with Crippen LogP contribution in [0.25, 0.3) is 16.3 Å². The third-order valence-corrected chi connectivity index (χ3v) is 5.93. The summed E-state index contributed by atoms with van der Waals surface area (Å²) in [4.78, 5) is 16.5. The van der Waals surface area contributed by atoms with E-state index >= 15 is 0 Å². The Morgan fingerprint density at radius 2 is 2.04 bits per heavy atom. The first-order valence-corrected chi connectivity index (χ1v) is 10.8. The molecule has 3 aromatic rings. The molecule has 0 spiro atoms. The molecule has 0 aliphatic heterocycles. The Morgan fingerprint density at radius 3 is 2.77 bits per heavy atom. The number of thiazole rings is 1. The number of aromatic nitrogens is 1. The molecular formula is C17H12BrFN2O3S2. The number of hydrogen-bond acceptors (Lipinski definition) is 5. The zero-order valence-corrected chi connectivity index (χ0v) is 16.6. The highest BCUT2D eigenvalue weighted by Gasteiger charge is 2.11. The van der Waals surface area contributed by atoms with Crippen LogP contribution in [-0.4, -0.2) is 25.6 Å². The van der Waals surface area contributed by atoms with Crippen LogP contribution in [-0.2, 0) is 14.6 Å². The molecule has 0 unspecified atom stereocenters. The Balaban J connectivity index is 1.79. The first-order chi connectivity index (χ1) is 12.2. The van der Waals surface area contributed by atoms with Crippen LogP contribution < -0.4 is 5.32 Å². The van der Waals surface area contributed by atoms with Gasteiger partial charge in [0.05, 0.1) is 15.1 Å². The topological polar surface area (TPSA) is 76.1 Å². The monoisotopic (exact) mass is 454 g/mol. The van der Waals surface area contributed by atoms with Crippen LogP contribution >= 0.6 is 27.3 Å². The highest BCUT2D eigenvalue weighted by molar-refractivity contribution is 9.10. The van der Waals surface area contributed by atoms with E-state index in [9.17, 15) is 17.6 Å². The molecule has 0 bridgehead atoms. The lowest BCUT2D eigenvalue weighted by molar-refractivity contribution is -0.111. The summed E-state index contributed by atoms with van der Waals surface area (Å²) in [6, 6.07) is 9.00. The fourth-order valence-corrected chi connectivity index (χ4v) is 4.15. The van der Waals surface area contributed by atoms with Crippen molar-refractivity contribution in [2.45, 2.75) is 4.90 Å². The number of nitrogens with one attached hydrogen (secondary N) is 1. The van der Waals surface area contributed by atoms with Crippen molar-refractivity contribution in [2.75, 3.05) is 11.6 Å². The molecule has 5 nitrogen and oxygen atoms in total. The molecule has 1 heterocycles. The van der Waals surface area contributed by atoms with E-state index < -0.39 is 21.6 Å². The van der Waals surface area contributed by atoms with E-state index in [0.717, 1.165) is 17.6 Å². The first-order valence-electron chi connectivity index (χ1n) is 7.27. The maximum absolute atomic E-state index is 13.7. The van der Waals surface area contributed by atoms with E-state index in [4.69, 9.17) is 0 Å². The Hall–Kier alpha value is -2.10. The zero-order valence-electron chi connectivity index (χ0n) is 13.4. The number of rotatable bonds is 4. The lowest BCUT2D eigenvalue weighted by atomic mass is 10.2. The SMILES string of the molecule is CS(=O)(=O)c1ccc2nc(NC(=O)/C=C/c3cc(Br)ccc3F)sc2c1. The number of anilines is 1. The summed E-state index contributed by atoms with van der Waals surface area (Å²) in [6.07, 6.45) is 3.70. The minimum Gasteiger partial charge on any atom is -0.298 e. The highest BCUT2D eigenvalue weighted by Crippen LogP contribution is 2.28. The fraction of sp³-hybridized carbons (Fsp3) is 0.0588. The average Bonchev–Trinajstić information content (AvgIpc) is 2.96. The van der Waals surface area contributed by atoms with Gasteiger partial charge in [0, 0.05) is 22.4 Å². The first kappa shape index (κ1) is 18.7. The third kappa shape index (κ3) is 4.35. The van der Waals surface area contributed by atoms with Crippen LogP contribution in [0.4, 0.5) is 9.52 Å². The predicted molar refractivity (Wildman–Crippen MR) is 104 cm³/mol. The van der Waals surface area contributed by atoms with Gasteiger partial charge in [0.15, 0.2) is 15.0 Å². The van der Waals surface area contributed by atoms with Crippen molar-refractivity contribution in [3.63, 3.8) is 0 Å². The van der Waals surface area contributed by atoms with Crippen LogP contribution in [0, 0.1) is 5.82 Å². The van der Waals surface area contributed by atoms with Crippen molar-refractivity contribution >= 4 is 64.4 Å². The molecule has 1 aromatic heterocycles. The summed E-state index contributed by atoms with van der Waals surface area (Å²) in [5, 5.41) is 2.92. The van der Waals surface area contributed by atoms with Crippen molar-refractivity contribution < 1.29 is 17.6 Å². The normalized spacial score (nSPS) is 12.0. The number of nitrogens with zero attached hydrogens (tertiary/aromatic N) is 1. The largest absolute Gasteiger partial charge is 0.298 e. The van der Waals surface area contributed by atoms with E-state index in [-0.39, 0.29) is 10.5 Å². The molecule has 1 N–H and O–H groups in total. The fourth-order valence-electron chi connectivity index (χ4n) is 2.14. The van der Waals surface area contributed by atoms with E-state index in [1.54, 1.807) is 18.2 Å². The summed E-state index contributed by atoms with van der Waals surface area (Å²) < 4.78 is 38.2. The van der Waals surface area contributed by atoms with E-state index in [2.05, 4.69) is 26.2 Å². The van der Waals surface area contributed by atoms with Gasteiger partial charge in [-0.05, 0) is 42.5 Å². The summed E-state index contributed by atoms with van der Waals surface area (Å²) in [5.74, 6) is -0.905. The molecule has 0 aliphatic carbocycles. The molecule has 0 saturated carbocycles. The molecule has 0 radical (unpaired) electrons. The van der Waals surface area contributed by atoms with Gasteiger partial charge in [0.2, 0.25) is 5.91 Å². The number of sulfone groups is 1. The van der Waals surface area contributed by atoms with Crippen LogP contribution in [0.3, 0.4) is 0 Å². The van der Waals surface area contributed by atoms with Gasteiger partial charge in [-0.1, -0.05) is 27.3 Å². The van der Waals surface area contributed by atoms with Gasteiger partial charge < -0.3 is 0 Å². The average molecular weight is 455 g/mol. The van der Waals surface area contributed by atoms with Gasteiger partial charge in [-0.3, -0.25) is 10.1 Å². The molecule has 0 fully saturated rings. The number of carbonyl (C=O) groups excluding carboxylic acids is 1. The molecule has 26 heavy (non-hydrogen) atoms. The molecule has 0 atom stereocenters. The number of halogens is 2. The minimum absolute atomic E-state index is 0.191. The van der Waals surface area contributed by atoms with Crippen molar-refractivity contribution in [1.82, 2.24) is 4.98 Å². The molecule has 2 aromatic carbocycles. The number of carbonyl (C=O) groups is 1. The van der Waals surface area contributed by atoms with E-state index in [1.165, 1.54) is 30.4 Å². The Bertz CT molecular complexity index is 1140. The van der Waals surface area contributed by atoms with Crippen molar-refractivity contribution in [3.05, 3.63) is 58.3 Å². The second-order valence-corrected chi connectivity index (χ2v) is 9.37. The van der Waals surface area contributed by atoms with Crippen molar-refractivity contribution in [2.24, 2.45) is 0 Å². The summed E-state index contributed by atoms with van der Waals surface area (Å²) in [7, 11) is -3.31. The highest BCUT2D eigenvalue weighted by atomic mass is 79.9. The zero-order chi connectivity index (χ0) is 18.9. The molecule has 3 rings (SSSR count). The van der Waals surface area contributed by atoms with E-state index in [1.807, 2.05) is 0 Å². The quantitative estimate of drug-likeness (QED) is 0.597. The Morgan fingerprint density at radius 1 is 1.27 bits per heavy atom. The number of hydrogen-bond donors (Lipinski definition) is 1. The smallest absolute Gasteiger partial charge is 0.250 e. The molecule has 0 saturated heterocycles. The molecule has 9 heteroatoms. The summed E-state index contributed by atoms with van der Waals surface area (Å²) in [6.45, 7) is 0. The van der Waals surface area contributed by atoms with Crippen LogP contribution in [0.2, 0.25) is 0 Å². The summed E-state index contributed by atoms with van der Waals surface area (Å²) in [5.41, 5.74) is 0.858. The lowest BCUT2D eigenvalue weighted by Gasteiger charge is -1.98. The minimum atomic E-state index is -3.31. The van der Waals surface area contributed by atoms with Crippen LogP contribution in [0.1, 0.15) is 5.56 Å². The molecule has 134 valence electrons. The van der Waals surface area contributed by atoms with Crippen LogP contribution in [0.15, 0.2) is 51.8 Å². The Kier molecular flexibility index (Phi) is 5.22. The molecular weight excluding hydrogens is 443 g/mol. The van der Waals surface area contributed by atoms with Crippen molar-refractivity contribution in [1.29, 1.82) is 0 Å². The number of amides is 1. The Labute approximate surface area is 161 Å². The van der Waals surface area contributed by atoms with E-state index in [0.29, 0.717) is 19.8 Å². The number of benzene rings is 2. The number of fused-ring (bicyclic) bond motifs is 1. The standard InChI is InChI=1S/C17H12BrFN2O3S2/c1-26(23,24)12-4-6-14-15(9-12)25-17(20-14)21-16(22)7-2-10-8-11(18)3-5-13(10)19/h2-9H,1H3,(H,20,21,22)/b7-2+. The van der Waals surface area contributed by atoms with Gasteiger partial charge in [0.25, 0.3) is 0 Å². The van der Waals surface area contributed by atoms with Gasteiger partial charge >= 0.3 is 0 Å². The van der Waals surface area contributed by atoms with Gasteiger partial charge in [-0.15, -0.1) is 0 Å². The van der Waals surface area contributed by atoms with Gasteiger partial charge in [-0.2, -0.15) is 0 Å².